The molecule has 0 unspecified atom stereocenters. The summed E-state index contributed by atoms with van der Waals surface area (Å²) in [5.74, 6) is 0. The maximum atomic E-state index is 4.08. The molecule has 0 aliphatic rings. The average molecular weight is 187 g/mol. The lowest BCUT2D eigenvalue weighted by Gasteiger charge is -1.90. The molecular formula is C11H9NS. The lowest BCUT2D eigenvalue weighted by molar-refractivity contribution is 1.37. The van der Waals surface area contributed by atoms with Crippen molar-refractivity contribution in [1.82, 2.24) is 4.98 Å². The highest BCUT2D eigenvalue weighted by Gasteiger charge is 2.05. The van der Waals surface area contributed by atoms with E-state index in [1.165, 1.54) is 10.1 Å². The Morgan fingerprint density at radius 2 is 2.15 bits per heavy atom. The summed E-state index contributed by atoms with van der Waals surface area (Å²) < 4.78 is 1.19. The summed E-state index contributed by atoms with van der Waals surface area (Å²) in [5.41, 5.74) is 1.16. The third-order valence-electron chi connectivity index (χ3n) is 1.95. The first-order valence-electron chi connectivity index (χ1n) is 3.98. The molecule has 0 radical (unpaired) electrons. The van der Waals surface area contributed by atoms with Gasteiger partial charge in [0.2, 0.25) is 0 Å². The highest BCUT2D eigenvalue weighted by Crippen LogP contribution is 2.31. The molecule has 0 saturated heterocycles. The maximum absolute atomic E-state index is 4.08. The van der Waals surface area contributed by atoms with Crippen LogP contribution in [0.2, 0.25) is 0 Å². The Hall–Kier alpha value is -1.41. The summed E-state index contributed by atoms with van der Waals surface area (Å²) in [5, 5.41) is 1.21. The van der Waals surface area contributed by atoms with Gasteiger partial charge in [-0.1, -0.05) is 25.3 Å². The van der Waals surface area contributed by atoms with Crippen molar-refractivity contribution in [1.29, 1.82) is 0 Å². The predicted molar refractivity (Wildman–Crippen MR) is 59.8 cm³/mol. The first kappa shape index (κ1) is 8.20. The van der Waals surface area contributed by atoms with Crippen molar-refractivity contribution in [2.75, 3.05) is 0 Å². The highest BCUT2D eigenvalue weighted by atomic mass is 32.1. The van der Waals surface area contributed by atoms with Gasteiger partial charge in [-0.05, 0) is 11.6 Å². The van der Waals surface area contributed by atoms with E-state index in [1.807, 2.05) is 24.4 Å². The van der Waals surface area contributed by atoms with Gasteiger partial charge in [0.1, 0.15) is 0 Å². The molecule has 0 atom stereocenters. The second-order valence-corrected chi connectivity index (χ2v) is 3.74. The Morgan fingerprint density at radius 3 is 2.85 bits per heavy atom. The molecule has 0 amide bonds. The van der Waals surface area contributed by atoms with Crippen molar-refractivity contribution < 1.29 is 0 Å². The average Bonchev–Trinajstić information content (AvgIpc) is 2.55. The van der Waals surface area contributed by atoms with E-state index in [4.69, 9.17) is 0 Å². The first-order chi connectivity index (χ1) is 6.36. The van der Waals surface area contributed by atoms with Crippen LogP contribution < -0.4 is 0 Å². The molecule has 0 spiro atoms. The normalized spacial score (nSPS) is 10.2. The van der Waals surface area contributed by atoms with E-state index in [9.17, 15) is 0 Å². The Labute approximate surface area is 81.1 Å². The molecule has 1 nitrogen and oxygen atoms in total. The molecule has 13 heavy (non-hydrogen) atoms. The minimum Gasteiger partial charge on any atom is -0.263 e. The van der Waals surface area contributed by atoms with Crippen molar-refractivity contribution in [3.63, 3.8) is 0 Å². The van der Waals surface area contributed by atoms with E-state index in [-0.39, 0.29) is 0 Å². The van der Waals surface area contributed by atoms with Gasteiger partial charge in [0.25, 0.3) is 0 Å². The van der Waals surface area contributed by atoms with Gasteiger partial charge in [-0.25, -0.2) is 0 Å². The summed E-state index contributed by atoms with van der Waals surface area (Å²) in [6.07, 6.45) is 7.41. The molecule has 0 aromatic carbocycles. The van der Waals surface area contributed by atoms with Crippen LogP contribution in [0, 0.1) is 0 Å². The predicted octanol–water partition coefficient (Wildman–Crippen LogP) is 3.58. The number of rotatable bonds is 2. The summed E-state index contributed by atoms with van der Waals surface area (Å²) in [4.78, 5) is 5.24. The molecule has 0 bridgehead atoms. The van der Waals surface area contributed by atoms with Crippen LogP contribution in [-0.4, -0.2) is 4.98 Å². The Bertz CT molecular complexity index is 468. The summed E-state index contributed by atoms with van der Waals surface area (Å²) in [7, 11) is 0. The summed E-state index contributed by atoms with van der Waals surface area (Å²) in [6.45, 7) is 7.58. The molecule has 2 aromatic heterocycles. The maximum Gasteiger partial charge on any atom is 0.0538 e. The van der Waals surface area contributed by atoms with Gasteiger partial charge >= 0.3 is 0 Å². The van der Waals surface area contributed by atoms with Crippen molar-refractivity contribution in [3.8, 4) is 0 Å². The van der Waals surface area contributed by atoms with Crippen LogP contribution in [-0.2, 0) is 0 Å². The fourth-order valence-electron chi connectivity index (χ4n) is 1.35. The van der Waals surface area contributed by atoms with Gasteiger partial charge in [-0.3, -0.25) is 4.98 Å². The van der Waals surface area contributed by atoms with Gasteiger partial charge in [0.15, 0.2) is 0 Å². The van der Waals surface area contributed by atoms with Gasteiger partial charge in [0, 0.05) is 22.7 Å². The standard InChI is InChI=1S/C11H9NS/c1-3-8-9-5-6-12-7-11(9)13-10(8)4-2/h3-7H,1-2H2. The van der Waals surface area contributed by atoms with Crippen LogP contribution in [0.15, 0.2) is 31.6 Å². The molecule has 64 valence electrons. The van der Waals surface area contributed by atoms with Crippen molar-refractivity contribution >= 4 is 33.6 Å². The van der Waals surface area contributed by atoms with Crippen LogP contribution >= 0.6 is 11.3 Å². The molecule has 2 rings (SSSR count). The van der Waals surface area contributed by atoms with Crippen molar-refractivity contribution in [3.05, 3.63) is 42.1 Å². The van der Waals surface area contributed by atoms with Crippen molar-refractivity contribution in [2.24, 2.45) is 0 Å². The monoisotopic (exact) mass is 187 g/mol. The summed E-state index contributed by atoms with van der Waals surface area (Å²) >= 11 is 1.70. The zero-order chi connectivity index (χ0) is 9.26. The lowest BCUT2D eigenvalue weighted by atomic mass is 10.1. The zero-order valence-electron chi connectivity index (χ0n) is 7.16. The molecule has 0 N–H and O–H groups in total. The Balaban J connectivity index is 2.88. The molecule has 2 heterocycles. The smallest absolute Gasteiger partial charge is 0.0538 e. The first-order valence-corrected chi connectivity index (χ1v) is 4.80. The van der Waals surface area contributed by atoms with E-state index in [2.05, 4.69) is 18.1 Å². The molecule has 0 saturated carbocycles. The molecule has 0 fully saturated rings. The fraction of sp³-hybridized carbons (Fsp3) is 0. The SMILES string of the molecule is C=Cc1sc2cnccc2c1C=C. The van der Waals surface area contributed by atoms with Crippen LogP contribution in [0.25, 0.3) is 22.2 Å². The zero-order valence-corrected chi connectivity index (χ0v) is 7.97. The second-order valence-electron chi connectivity index (χ2n) is 2.66. The summed E-state index contributed by atoms with van der Waals surface area (Å²) in [6, 6.07) is 2.01. The van der Waals surface area contributed by atoms with Crippen LogP contribution in [0.1, 0.15) is 10.4 Å². The number of pyridine rings is 1. The van der Waals surface area contributed by atoms with Gasteiger partial charge in [-0.2, -0.15) is 0 Å². The molecule has 0 aliphatic heterocycles. The number of nitrogens with zero attached hydrogens (tertiary/aromatic N) is 1. The molecule has 0 aliphatic carbocycles. The van der Waals surface area contributed by atoms with Crippen molar-refractivity contribution in [2.45, 2.75) is 0 Å². The topological polar surface area (TPSA) is 12.9 Å². The highest BCUT2D eigenvalue weighted by molar-refractivity contribution is 7.20. The quantitative estimate of drug-likeness (QED) is 0.700. The minimum absolute atomic E-state index is 1.16. The molecule has 2 heteroatoms. The van der Waals surface area contributed by atoms with Crippen LogP contribution in [0.5, 0.6) is 0 Å². The fourth-order valence-corrected chi connectivity index (χ4v) is 2.38. The Morgan fingerprint density at radius 1 is 1.31 bits per heavy atom. The lowest BCUT2D eigenvalue weighted by Crippen LogP contribution is -1.71. The number of hydrogen-bond acceptors (Lipinski definition) is 2. The molecular weight excluding hydrogens is 178 g/mol. The number of thiophene rings is 1. The second kappa shape index (κ2) is 3.15. The third-order valence-corrected chi connectivity index (χ3v) is 3.10. The van der Waals surface area contributed by atoms with E-state index in [0.29, 0.717) is 0 Å². The third kappa shape index (κ3) is 1.19. The Kier molecular flexibility index (Phi) is 1.99. The van der Waals surface area contributed by atoms with E-state index < -0.39 is 0 Å². The van der Waals surface area contributed by atoms with Gasteiger partial charge < -0.3 is 0 Å². The number of aromatic nitrogens is 1. The van der Waals surface area contributed by atoms with Gasteiger partial charge in [-0.15, -0.1) is 11.3 Å². The van der Waals surface area contributed by atoms with Gasteiger partial charge in [0.05, 0.1) is 4.70 Å². The van der Waals surface area contributed by atoms with Crippen LogP contribution in [0.4, 0.5) is 0 Å². The van der Waals surface area contributed by atoms with E-state index in [0.717, 1.165) is 10.4 Å². The van der Waals surface area contributed by atoms with Crippen LogP contribution in [0.3, 0.4) is 0 Å². The van der Waals surface area contributed by atoms with E-state index >= 15 is 0 Å². The number of fused-ring (bicyclic) bond motifs is 1. The minimum atomic E-state index is 1.16. The largest absolute Gasteiger partial charge is 0.263 e. The van der Waals surface area contributed by atoms with E-state index in [1.54, 1.807) is 17.5 Å². The number of hydrogen-bond donors (Lipinski definition) is 0. The molecule has 2 aromatic rings.